The lowest BCUT2D eigenvalue weighted by molar-refractivity contribution is 0.00866. The molecule has 98 valence electrons. The van der Waals surface area contributed by atoms with Crippen molar-refractivity contribution in [2.24, 2.45) is 5.92 Å². The molecule has 0 aromatic heterocycles. The molecule has 3 rings (SSSR count). The molecule has 18 heavy (non-hydrogen) atoms. The van der Waals surface area contributed by atoms with Crippen LogP contribution < -0.4 is 9.47 Å². The highest BCUT2D eigenvalue weighted by molar-refractivity contribution is 5.45. The summed E-state index contributed by atoms with van der Waals surface area (Å²) in [7, 11) is 0. The molecule has 0 radical (unpaired) electrons. The first kappa shape index (κ1) is 11.8. The van der Waals surface area contributed by atoms with Gasteiger partial charge in [0.1, 0.15) is 0 Å². The molecule has 1 unspecified atom stereocenters. The van der Waals surface area contributed by atoms with Gasteiger partial charge in [-0.2, -0.15) is 0 Å². The van der Waals surface area contributed by atoms with E-state index in [1.54, 1.807) is 0 Å². The lowest BCUT2D eigenvalue weighted by atomic mass is 9.86. The predicted octanol–water partition coefficient (Wildman–Crippen LogP) is 2.86. The van der Waals surface area contributed by atoms with Crippen molar-refractivity contribution in [1.29, 1.82) is 0 Å². The number of fused-ring (bicyclic) bond motifs is 1. The lowest BCUT2D eigenvalue weighted by Crippen LogP contribution is -2.27. The maximum absolute atomic E-state index is 10.8. The molecule has 2 aliphatic rings. The molecule has 1 atom stereocenters. The average molecular weight is 248 g/mol. The molecule has 1 aromatic carbocycles. The first-order valence-corrected chi connectivity index (χ1v) is 6.86. The molecule has 1 aliphatic carbocycles. The first-order chi connectivity index (χ1) is 8.74. The van der Waals surface area contributed by atoms with Crippen molar-refractivity contribution in [2.75, 3.05) is 13.2 Å². The monoisotopic (exact) mass is 248 g/mol. The number of hydrogen-bond acceptors (Lipinski definition) is 3. The zero-order valence-corrected chi connectivity index (χ0v) is 10.8. The van der Waals surface area contributed by atoms with Gasteiger partial charge in [0.2, 0.25) is 0 Å². The van der Waals surface area contributed by atoms with Gasteiger partial charge in [0.05, 0.1) is 18.8 Å². The van der Waals surface area contributed by atoms with Crippen LogP contribution in [0.1, 0.15) is 38.2 Å². The molecule has 1 aromatic rings. The number of hydrogen-bond donors (Lipinski definition) is 1. The third-order valence-corrected chi connectivity index (χ3v) is 4.04. The molecule has 0 spiro atoms. The molecule has 1 saturated carbocycles. The van der Waals surface area contributed by atoms with Crippen LogP contribution in [-0.2, 0) is 5.60 Å². The molecule has 1 aliphatic heterocycles. The largest absolute Gasteiger partial charge is 0.490 e. The number of benzene rings is 1. The molecule has 1 N–H and O–H groups in total. The highest BCUT2D eigenvalue weighted by Crippen LogP contribution is 2.49. The van der Waals surface area contributed by atoms with Gasteiger partial charge in [0.15, 0.2) is 11.5 Å². The van der Waals surface area contributed by atoms with E-state index < -0.39 is 5.60 Å². The second-order valence-corrected chi connectivity index (χ2v) is 5.26. The summed E-state index contributed by atoms with van der Waals surface area (Å²) < 4.78 is 11.3. The zero-order chi connectivity index (χ0) is 12.6. The van der Waals surface area contributed by atoms with Crippen LogP contribution in [0.5, 0.6) is 11.5 Å². The van der Waals surface area contributed by atoms with E-state index in [1.807, 2.05) is 25.1 Å². The highest BCUT2D eigenvalue weighted by Gasteiger charge is 2.43. The fourth-order valence-electron chi connectivity index (χ4n) is 2.72. The van der Waals surface area contributed by atoms with Gasteiger partial charge in [-0.25, -0.2) is 0 Å². The van der Waals surface area contributed by atoms with Crippen LogP contribution in [0.3, 0.4) is 0 Å². The molecule has 1 heterocycles. The Labute approximate surface area is 108 Å². The summed E-state index contributed by atoms with van der Waals surface area (Å²) in [5, 5.41) is 10.8. The fraction of sp³-hybridized carbons (Fsp3) is 0.600. The normalized spacial score (nSPS) is 22.1. The number of rotatable bonds is 3. The molecule has 0 amide bonds. The summed E-state index contributed by atoms with van der Waals surface area (Å²) in [6.45, 7) is 3.43. The summed E-state index contributed by atoms with van der Waals surface area (Å²) >= 11 is 0. The Morgan fingerprint density at radius 2 is 1.94 bits per heavy atom. The predicted molar refractivity (Wildman–Crippen MR) is 69.0 cm³/mol. The summed E-state index contributed by atoms with van der Waals surface area (Å²) in [5.41, 5.74) is 0.279. The van der Waals surface area contributed by atoms with E-state index in [0.717, 1.165) is 42.7 Å². The second kappa shape index (κ2) is 4.47. The Morgan fingerprint density at radius 1 is 1.22 bits per heavy atom. The molecule has 1 fully saturated rings. The van der Waals surface area contributed by atoms with E-state index in [0.29, 0.717) is 19.1 Å². The quantitative estimate of drug-likeness (QED) is 0.894. The smallest absolute Gasteiger partial charge is 0.161 e. The van der Waals surface area contributed by atoms with Crippen molar-refractivity contribution in [2.45, 2.75) is 38.2 Å². The number of aliphatic hydroxyl groups is 1. The van der Waals surface area contributed by atoms with Crippen LogP contribution in [0.15, 0.2) is 18.2 Å². The van der Waals surface area contributed by atoms with Crippen molar-refractivity contribution in [3.05, 3.63) is 23.8 Å². The van der Waals surface area contributed by atoms with Crippen LogP contribution in [0.2, 0.25) is 0 Å². The van der Waals surface area contributed by atoms with E-state index in [9.17, 15) is 5.11 Å². The third-order valence-electron chi connectivity index (χ3n) is 4.04. The minimum atomic E-state index is -0.690. The van der Waals surface area contributed by atoms with Gasteiger partial charge in [-0.05, 0) is 42.9 Å². The van der Waals surface area contributed by atoms with E-state index in [4.69, 9.17) is 9.47 Å². The second-order valence-electron chi connectivity index (χ2n) is 5.26. The lowest BCUT2D eigenvalue weighted by Gasteiger charge is -2.28. The fourth-order valence-corrected chi connectivity index (χ4v) is 2.72. The molecule has 0 bridgehead atoms. The first-order valence-electron chi connectivity index (χ1n) is 6.86. The molecule has 0 saturated heterocycles. The SMILES string of the molecule is CCC(O)(c1ccc2c(c1)OCCCO2)C1CC1. The Hall–Kier alpha value is -1.22. The van der Waals surface area contributed by atoms with Crippen LogP contribution in [0, 0.1) is 5.92 Å². The minimum absolute atomic E-state index is 0.409. The summed E-state index contributed by atoms with van der Waals surface area (Å²) in [5.74, 6) is 1.98. The molecule has 3 heteroatoms. The molecular weight excluding hydrogens is 228 g/mol. The van der Waals surface area contributed by atoms with Crippen molar-refractivity contribution in [1.82, 2.24) is 0 Å². The Bertz CT molecular complexity index is 439. The van der Waals surface area contributed by atoms with E-state index >= 15 is 0 Å². The van der Waals surface area contributed by atoms with Crippen molar-refractivity contribution in [3.63, 3.8) is 0 Å². The maximum Gasteiger partial charge on any atom is 0.161 e. The maximum atomic E-state index is 10.8. The minimum Gasteiger partial charge on any atom is -0.490 e. The van der Waals surface area contributed by atoms with Crippen LogP contribution >= 0.6 is 0 Å². The Balaban J connectivity index is 1.95. The van der Waals surface area contributed by atoms with Gasteiger partial charge < -0.3 is 14.6 Å². The van der Waals surface area contributed by atoms with Crippen molar-refractivity contribution >= 4 is 0 Å². The van der Waals surface area contributed by atoms with E-state index in [2.05, 4.69) is 0 Å². The summed E-state index contributed by atoms with van der Waals surface area (Å²) in [6, 6.07) is 5.87. The van der Waals surface area contributed by atoms with Gasteiger partial charge in [-0.1, -0.05) is 13.0 Å². The van der Waals surface area contributed by atoms with Crippen molar-refractivity contribution < 1.29 is 14.6 Å². The van der Waals surface area contributed by atoms with Crippen LogP contribution in [0.4, 0.5) is 0 Å². The van der Waals surface area contributed by atoms with Gasteiger partial charge in [-0.15, -0.1) is 0 Å². The van der Waals surface area contributed by atoms with Gasteiger partial charge >= 0.3 is 0 Å². The highest BCUT2D eigenvalue weighted by atomic mass is 16.5. The molecule has 3 nitrogen and oxygen atoms in total. The Kier molecular flexibility index (Phi) is 2.94. The van der Waals surface area contributed by atoms with Gasteiger partial charge in [0, 0.05) is 6.42 Å². The van der Waals surface area contributed by atoms with Gasteiger partial charge in [-0.3, -0.25) is 0 Å². The summed E-state index contributed by atoms with van der Waals surface area (Å²) in [4.78, 5) is 0. The van der Waals surface area contributed by atoms with Crippen molar-refractivity contribution in [3.8, 4) is 11.5 Å². The summed E-state index contributed by atoms with van der Waals surface area (Å²) in [6.07, 6.45) is 3.90. The van der Waals surface area contributed by atoms with E-state index in [-0.39, 0.29) is 0 Å². The standard InChI is InChI=1S/C15H20O3/c1-2-15(16,11-4-5-11)12-6-7-13-14(10-12)18-9-3-8-17-13/h6-7,10-11,16H,2-5,8-9H2,1H3. The Morgan fingerprint density at radius 3 is 2.61 bits per heavy atom. The van der Waals surface area contributed by atoms with Crippen LogP contribution in [-0.4, -0.2) is 18.3 Å². The number of ether oxygens (including phenoxy) is 2. The average Bonchev–Trinajstić information content (AvgIpc) is 3.23. The zero-order valence-electron chi connectivity index (χ0n) is 10.8. The molecular formula is C15H20O3. The van der Waals surface area contributed by atoms with Gasteiger partial charge in [0.25, 0.3) is 0 Å². The third kappa shape index (κ3) is 1.97. The van der Waals surface area contributed by atoms with Crippen LogP contribution in [0.25, 0.3) is 0 Å². The van der Waals surface area contributed by atoms with E-state index in [1.165, 1.54) is 0 Å². The topological polar surface area (TPSA) is 38.7 Å².